The Morgan fingerprint density at radius 1 is 1.13 bits per heavy atom. The molecule has 2 aromatic rings. The van der Waals surface area contributed by atoms with E-state index in [0.29, 0.717) is 29.0 Å². The van der Waals surface area contributed by atoms with Gasteiger partial charge in [0, 0.05) is 16.6 Å². The van der Waals surface area contributed by atoms with E-state index in [1.54, 1.807) is 45.2 Å². The standard InChI is InChI=1S/C21H24N2O6S/c1-20(2,3)29-19(26)23-21(8-9-21)16-13(11-14(30-16)18(25)28-5)15-12(17(24)27-4)7-6-10-22-15/h6-7,10-11H,8-9H2,1-5H3,(H,23,26). The van der Waals surface area contributed by atoms with Crippen molar-refractivity contribution < 1.29 is 28.6 Å². The van der Waals surface area contributed by atoms with Crippen molar-refractivity contribution in [2.24, 2.45) is 0 Å². The van der Waals surface area contributed by atoms with Crippen LogP contribution < -0.4 is 5.32 Å². The minimum absolute atomic E-state index is 0.267. The molecule has 1 aliphatic carbocycles. The second-order valence-corrected chi connectivity index (χ2v) is 9.00. The number of hydrogen-bond acceptors (Lipinski definition) is 8. The lowest BCUT2D eigenvalue weighted by Crippen LogP contribution is -2.39. The van der Waals surface area contributed by atoms with Crippen molar-refractivity contribution in [3.8, 4) is 11.3 Å². The van der Waals surface area contributed by atoms with Gasteiger partial charge in [-0.25, -0.2) is 14.4 Å². The van der Waals surface area contributed by atoms with Crippen molar-refractivity contribution in [1.82, 2.24) is 10.3 Å². The number of carbonyl (C=O) groups is 3. The van der Waals surface area contributed by atoms with E-state index in [9.17, 15) is 14.4 Å². The summed E-state index contributed by atoms with van der Waals surface area (Å²) < 4.78 is 15.2. The molecule has 0 bridgehead atoms. The maximum Gasteiger partial charge on any atom is 0.408 e. The number of pyridine rings is 1. The molecule has 1 fully saturated rings. The third-order valence-corrected chi connectivity index (χ3v) is 5.83. The molecule has 30 heavy (non-hydrogen) atoms. The molecule has 0 spiro atoms. The number of hydrogen-bond donors (Lipinski definition) is 1. The highest BCUT2D eigenvalue weighted by Gasteiger charge is 2.50. The number of esters is 2. The van der Waals surface area contributed by atoms with Crippen LogP contribution in [0.5, 0.6) is 0 Å². The Morgan fingerprint density at radius 2 is 1.80 bits per heavy atom. The van der Waals surface area contributed by atoms with Gasteiger partial charge in [-0.15, -0.1) is 11.3 Å². The number of methoxy groups -OCH3 is 2. The topological polar surface area (TPSA) is 104 Å². The Kier molecular flexibility index (Phi) is 5.85. The monoisotopic (exact) mass is 432 g/mol. The summed E-state index contributed by atoms with van der Waals surface area (Å²) in [5.41, 5.74) is -0.115. The van der Waals surface area contributed by atoms with Gasteiger partial charge < -0.3 is 19.5 Å². The quantitative estimate of drug-likeness (QED) is 0.564. The number of aromatic nitrogens is 1. The highest BCUT2D eigenvalue weighted by Crippen LogP contribution is 2.52. The molecule has 1 N–H and O–H groups in total. The third-order valence-electron chi connectivity index (χ3n) is 4.51. The fourth-order valence-electron chi connectivity index (χ4n) is 3.05. The summed E-state index contributed by atoms with van der Waals surface area (Å²) in [7, 11) is 2.59. The van der Waals surface area contributed by atoms with Gasteiger partial charge in [0.05, 0.1) is 31.0 Å². The predicted molar refractivity (Wildman–Crippen MR) is 111 cm³/mol. The summed E-state index contributed by atoms with van der Waals surface area (Å²) in [6.07, 6.45) is 2.34. The third kappa shape index (κ3) is 4.46. The van der Waals surface area contributed by atoms with Crippen LogP contribution >= 0.6 is 11.3 Å². The summed E-state index contributed by atoms with van der Waals surface area (Å²) in [4.78, 5) is 42.4. The fraction of sp³-hybridized carbons (Fsp3) is 0.429. The molecular weight excluding hydrogens is 408 g/mol. The lowest BCUT2D eigenvalue weighted by Gasteiger charge is -2.23. The Hall–Kier alpha value is -2.94. The lowest BCUT2D eigenvalue weighted by molar-refractivity contribution is 0.0494. The van der Waals surface area contributed by atoms with E-state index in [1.165, 1.54) is 25.6 Å². The van der Waals surface area contributed by atoms with Crippen molar-refractivity contribution in [3.63, 3.8) is 0 Å². The van der Waals surface area contributed by atoms with E-state index in [1.807, 2.05) is 0 Å². The van der Waals surface area contributed by atoms with Gasteiger partial charge in [-0.3, -0.25) is 4.98 Å². The molecule has 2 heterocycles. The molecule has 2 aromatic heterocycles. The Morgan fingerprint density at radius 3 is 2.37 bits per heavy atom. The summed E-state index contributed by atoms with van der Waals surface area (Å²) in [6, 6.07) is 4.88. The van der Waals surface area contributed by atoms with Crippen LogP contribution in [0.3, 0.4) is 0 Å². The van der Waals surface area contributed by atoms with Crippen LogP contribution in [0, 0.1) is 0 Å². The SMILES string of the molecule is COC(=O)c1cc(-c2ncccc2C(=O)OC)c(C2(NC(=O)OC(C)(C)C)CC2)s1. The number of amides is 1. The highest BCUT2D eigenvalue weighted by molar-refractivity contribution is 7.14. The number of ether oxygens (including phenoxy) is 3. The normalized spacial score (nSPS) is 14.6. The van der Waals surface area contributed by atoms with Crippen LogP contribution in [0.1, 0.15) is 58.5 Å². The first-order valence-electron chi connectivity index (χ1n) is 9.38. The van der Waals surface area contributed by atoms with Crippen LogP contribution in [-0.4, -0.2) is 42.8 Å². The maximum absolute atomic E-state index is 12.4. The summed E-state index contributed by atoms with van der Waals surface area (Å²) in [5, 5.41) is 2.94. The molecule has 0 aromatic carbocycles. The minimum Gasteiger partial charge on any atom is -0.465 e. The Bertz CT molecular complexity index is 988. The maximum atomic E-state index is 12.4. The van der Waals surface area contributed by atoms with Crippen molar-refractivity contribution in [3.05, 3.63) is 39.7 Å². The molecule has 0 unspecified atom stereocenters. The molecule has 1 amide bonds. The number of rotatable bonds is 5. The second kappa shape index (κ2) is 8.06. The van der Waals surface area contributed by atoms with Crippen molar-refractivity contribution in [1.29, 1.82) is 0 Å². The number of alkyl carbamates (subject to hydrolysis) is 1. The number of nitrogens with one attached hydrogen (secondary N) is 1. The van der Waals surface area contributed by atoms with Gasteiger partial charge >= 0.3 is 18.0 Å². The Labute approximate surface area is 178 Å². The molecular formula is C21H24N2O6S. The average molecular weight is 432 g/mol. The molecule has 8 nitrogen and oxygen atoms in total. The van der Waals surface area contributed by atoms with E-state index in [4.69, 9.17) is 14.2 Å². The molecule has 3 rings (SSSR count). The fourth-order valence-corrected chi connectivity index (χ4v) is 4.33. The molecule has 160 valence electrons. The first-order chi connectivity index (χ1) is 14.1. The van der Waals surface area contributed by atoms with Gasteiger partial charge in [0.25, 0.3) is 0 Å². The molecule has 0 radical (unpaired) electrons. The first-order valence-corrected chi connectivity index (χ1v) is 10.2. The van der Waals surface area contributed by atoms with E-state index >= 15 is 0 Å². The van der Waals surface area contributed by atoms with Crippen LogP contribution in [0.25, 0.3) is 11.3 Å². The lowest BCUT2D eigenvalue weighted by atomic mass is 10.0. The van der Waals surface area contributed by atoms with Gasteiger partial charge in [0.2, 0.25) is 0 Å². The van der Waals surface area contributed by atoms with Crippen molar-refractivity contribution in [2.75, 3.05) is 14.2 Å². The average Bonchev–Trinajstić information content (AvgIpc) is 3.31. The zero-order valence-corrected chi connectivity index (χ0v) is 18.3. The first kappa shape index (κ1) is 21.8. The predicted octanol–water partition coefficient (Wildman–Crippen LogP) is 3.90. The summed E-state index contributed by atoms with van der Waals surface area (Å²) in [6.45, 7) is 5.36. The van der Waals surface area contributed by atoms with Gasteiger partial charge in [0.15, 0.2) is 0 Å². The van der Waals surface area contributed by atoms with E-state index < -0.39 is 29.2 Å². The Balaban J connectivity index is 2.08. The summed E-state index contributed by atoms with van der Waals surface area (Å²) in [5.74, 6) is -1.05. The number of nitrogens with zero attached hydrogens (tertiary/aromatic N) is 1. The van der Waals surface area contributed by atoms with Crippen molar-refractivity contribution >= 4 is 29.4 Å². The second-order valence-electron chi connectivity index (χ2n) is 7.95. The van der Waals surface area contributed by atoms with Gasteiger partial charge in [0.1, 0.15) is 10.5 Å². The zero-order chi connectivity index (χ0) is 22.1. The van der Waals surface area contributed by atoms with E-state index in [-0.39, 0.29) is 5.56 Å². The molecule has 1 aliphatic rings. The van der Waals surface area contributed by atoms with Crippen molar-refractivity contribution in [2.45, 2.75) is 44.8 Å². The zero-order valence-electron chi connectivity index (χ0n) is 17.5. The minimum atomic E-state index is -0.695. The smallest absolute Gasteiger partial charge is 0.408 e. The highest BCUT2D eigenvalue weighted by atomic mass is 32.1. The number of thiophene rings is 1. The van der Waals surface area contributed by atoms with Crippen LogP contribution in [0.4, 0.5) is 4.79 Å². The molecule has 0 saturated heterocycles. The number of carbonyl (C=O) groups excluding carboxylic acids is 3. The van der Waals surface area contributed by atoms with Crippen LogP contribution in [0.2, 0.25) is 0 Å². The molecule has 9 heteroatoms. The van der Waals surface area contributed by atoms with Crippen LogP contribution in [0.15, 0.2) is 24.4 Å². The van der Waals surface area contributed by atoms with Gasteiger partial charge in [-0.1, -0.05) is 0 Å². The van der Waals surface area contributed by atoms with Gasteiger partial charge in [-0.2, -0.15) is 0 Å². The van der Waals surface area contributed by atoms with Gasteiger partial charge in [-0.05, 0) is 51.8 Å². The molecule has 0 atom stereocenters. The van der Waals surface area contributed by atoms with E-state index in [0.717, 1.165) is 4.88 Å². The molecule has 1 saturated carbocycles. The largest absolute Gasteiger partial charge is 0.465 e. The molecule has 0 aliphatic heterocycles. The van der Waals surface area contributed by atoms with Crippen LogP contribution in [-0.2, 0) is 19.7 Å². The summed E-state index contributed by atoms with van der Waals surface area (Å²) >= 11 is 1.21. The van der Waals surface area contributed by atoms with E-state index in [2.05, 4.69) is 10.3 Å².